The van der Waals surface area contributed by atoms with Gasteiger partial charge in [0.2, 0.25) is 0 Å². The Kier molecular flexibility index (Phi) is 2.50. The van der Waals surface area contributed by atoms with Crippen LogP contribution in [0.5, 0.6) is 0 Å². The van der Waals surface area contributed by atoms with Gasteiger partial charge in [-0.2, -0.15) is 0 Å². The second-order valence-corrected chi connectivity index (χ2v) is 4.29. The van der Waals surface area contributed by atoms with Gasteiger partial charge >= 0.3 is 0 Å². The van der Waals surface area contributed by atoms with E-state index < -0.39 is 0 Å². The fourth-order valence-corrected chi connectivity index (χ4v) is 1.79. The van der Waals surface area contributed by atoms with E-state index in [-0.39, 0.29) is 6.04 Å². The molecule has 2 atom stereocenters. The zero-order valence-electron chi connectivity index (χ0n) is 8.77. The summed E-state index contributed by atoms with van der Waals surface area (Å²) in [4.78, 5) is 8.34. The lowest BCUT2D eigenvalue weighted by Gasteiger charge is -2.18. The van der Waals surface area contributed by atoms with Gasteiger partial charge in [0.15, 0.2) is 0 Å². The molecule has 0 bridgehead atoms. The summed E-state index contributed by atoms with van der Waals surface area (Å²) in [5.74, 6) is 2.19. The van der Waals surface area contributed by atoms with Crippen molar-refractivity contribution in [1.82, 2.24) is 9.97 Å². The maximum atomic E-state index is 6.15. The van der Waals surface area contributed by atoms with Crippen LogP contribution in [0, 0.1) is 18.8 Å². The summed E-state index contributed by atoms with van der Waals surface area (Å²) in [5.41, 5.74) is 7.21. The average molecular weight is 191 g/mol. The third kappa shape index (κ3) is 1.93. The lowest BCUT2D eigenvalue weighted by molar-refractivity contribution is 0.415. The molecule has 0 amide bonds. The molecule has 3 heteroatoms. The van der Waals surface area contributed by atoms with Crippen molar-refractivity contribution in [2.75, 3.05) is 0 Å². The summed E-state index contributed by atoms with van der Waals surface area (Å²) < 4.78 is 0. The van der Waals surface area contributed by atoms with Gasteiger partial charge < -0.3 is 5.73 Å². The van der Waals surface area contributed by atoms with Gasteiger partial charge in [-0.3, -0.25) is 0 Å². The molecule has 14 heavy (non-hydrogen) atoms. The Labute approximate surface area is 84.8 Å². The molecule has 0 saturated heterocycles. The van der Waals surface area contributed by atoms with Crippen molar-refractivity contribution in [1.29, 1.82) is 0 Å². The summed E-state index contributed by atoms with van der Waals surface area (Å²) in [6, 6.07) is 0.100. The number of hydrogen-bond acceptors (Lipinski definition) is 3. The Morgan fingerprint density at radius 1 is 1.36 bits per heavy atom. The highest BCUT2D eigenvalue weighted by Gasteiger charge is 2.32. The van der Waals surface area contributed by atoms with E-state index in [1.54, 1.807) is 0 Å². The monoisotopic (exact) mass is 191 g/mol. The third-order valence-corrected chi connectivity index (χ3v) is 3.12. The second kappa shape index (κ2) is 3.65. The van der Waals surface area contributed by atoms with Crippen molar-refractivity contribution >= 4 is 0 Å². The van der Waals surface area contributed by atoms with Crippen LogP contribution in [0.1, 0.15) is 37.2 Å². The van der Waals surface area contributed by atoms with Gasteiger partial charge in [-0.1, -0.05) is 6.92 Å². The van der Waals surface area contributed by atoms with Crippen molar-refractivity contribution < 1.29 is 0 Å². The van der Waals surface area contributed by atoms with E-state index in [2.05, 4.69) is 16.9 Å². The van der Waals surface area contributed by atoms with Crippen LogP contribution in [0.15, 0.2) is 12.4 Å². The molecule has 1 saturated carbocycles. The van der Waals surface area contributed by atoms with Gasteiger partial charge in [-0.15, -0.1) is 0 Å². The first-order chi connectivity index (χ1) is 6.68. The highest BCUT2D eigenvalue weighted by atomic mass is 14.9. The Bertz CT molecular complexity index is 303. The second-order valence-electron chi connectivity index (χ2n) is 4.29. The molecule has 3 nitrogen and oxygen atoms in total. The highest BCUT2D eigenvalue weighted by Crippen LogP contribution is 2.41. The molecule has 76 valence electrons. The molecule has 0 spiro atoms. The first-order valence-corrected chi connectivity index (χ1v) is 5.22. The highest BCUT2D eigenvalue weighted by molar-refractivity contribution is 5.12. The maximum Gasteiger partial charge on any atom is 0.125 e. The molecule has 1 aliphatic carbocycles. The lowest BCUT2D eigenvalue weighted by Crippen LogP contribution is -2.21. The Hall–Kier alpha value is -0.960. The minimum atomic E-state index is 0.100. The maximum absolute atomic E-state index is 6.15. The Morgan fingerprint density at radius 2 is 1.93 bits per heavy atom. The molecule has 2 N–H and O–H groups in total. The standard InChI is InChI=1S/C11H17N3/c1-7(9-3-4-9)11(12)10-5-13-8(2)14-6-10/h5-7,9,11H,3-4,12H2,1-2H3. The van der Waals surface area contributed by atoms with Crippen molar-refractivity contribution in [3.63, 3.8) is 0 Å². The van der Waals surface area contributed by atoms with E-state index in [1.165, 1.54) is 12.8 Å². The summed E-state index contributed by atoms with van der Waals surface area (Å²) >= 11 is 0. The molecule has 1 fully saturated rings. The third-order valence-electron chi connectivity index (χ3n) is 3.12. The number of aryl methyl sites for hydroxylation is 1. The van der Waals surface area contributed by atoms with Crippen LogP contribution in [0.3, 0.4) is 0 Å². The SMILES string of the molecule is Cc1ncc(C(N)C(C)C2CC2)cn1. The molecule has 1 aromatic rings. The van der Waals surface area contributed by atoms with E-state index >= 15 is 0 Å². The van der Waals surface area contributed by atoms with Gasteiger partial charge in [-0.25, -0.2) is 9.97 Å². The van der Waals surface area contributed by atoms with E-state index in [9.17, 15) is 0 Å². The molecular formula is C11H17N3. The molecule has 0 aliphatic heterocycles. The van der Waals surface area contributed by atoms with Crippen LogP contribution in [-0.4, -0.2) is 9.97 Å². The predicted octanol–water partition coefficient (Wildman–Crippen LogP) is 1.83. The molecule has 1 aromatic heterocycles. The minimum Gasteiger partial charge on any atom is -0.324 e. The molecule has 1 heterocycles. The number of hydrogen-bond donors (Lipinski definition) is 1. The predicted molar refractivity (Wildman–Crippen MR) is 55.6 cm³/mol. The molecule has 1 aliphatic rings. The molecule has 2 rings (SSSR count). The number of aromatic nitrogens is 2. The summed E-state index contributed by atoms with van der Waals surface area (Å²) in [7, 11) is 0. The van der Waals surface area contributed by atoms with Gasteiger partial charge in [0, 0.05) is 24.0 Å². The fraction of sp³-hybridized carbons (Fsp3) is 0.636. The number of rotatable bonds is 3. The van der Waals surface area contributed by atoms with Gasteiger partial charge in [0.05, 0.1) is 0 Å². The van der Waals surface area contributed by atoms with E-state index in [0.717, 1.165) is 17.3 Å². The van der Waals surface area contributed by atoms with Crippen molar-refractivity contribution in [2.24, 2.45) is 17.6 Å². The normalized spacial score (nSPS) is 20.5. The van der Waals surface area contributed by atoms with Gasteiger partial charge in [-0.05, 0) is 31.6 Å². The smallest absolute Gasteiger partial charge is 0.125 e. The van der Waals surface area contributed by atoms with Gasteiger partial charge in [0.1, 0.15) is 5.82 Å². The summed E-state index contributed by atoms with van der Waals surface area (Å²) in [5, 5.41) is 0. The van der Waals surface area contributed by atoms with Crippen molar-refractivity contribution in [3.05, 3.63) is 23.8 Å². The van der Waals surface area contributed by atoms with Crippen LogP contribution in [0.25, 0.3) is 0 Å². The van der Waals surface area contributed by atoms with Crippen LogP contribution in [0.2, 0.25) is 0 Å². The average Bonchev–Trinajstić information content (AvgIpc) is 3.00. The van der Waals surface area contributed by atoms with E-state index in [0.29, 0.717) is 5.92 Å². The molecular weight excluding hydrogens is 174 g/mol. The Morgan fingerprint density at radius 3 is 2.43 bits per heavy atom. The fourth-order valence-electron chi connectivity index (χ4n) is 1.79. The summed E-state index contributed by atoms with van der Waals surface area (Å²) in [6.07, 6.45) is 6.38. The molecule has 0 radical (unpaired) electrons. The van der Waals surface area contributed by atoms with Crippen molar-refractivity contribution in [3.8, 4) is 0 Å². The topological polar surface area (TPSA) is 51.8 Å². The zero-order chi connectivity index (χ0) is 10.1. The van der Waals surface area contributed by atoms with Crippen LogP contribution >= 0.6 is 0 Å². The zero-order valence-corrected chi connectivity index (χ0v) is 8.77. The van der Waals surface area contributed by atoms with E-state index in [4.69, 9.17) is 5.73 Å². The first-order valence-electron chi connectivity index (χ1n) is 5.22. The number of nitrogens with zero attached hydrogens (tertiary/aromatic N) is 2. The van der Waals surface area contributed by atoms with Crippen LogP contribution in [-0.2, 0) is 0 Å². The van der Waals surface area contributed by atoms with E-state index in [1.807, 2.05) is 19.3 Å². The number of nitrogens with two attached hydrogens (primary N) is 1. The molecule has 0 aromatic carbocycles. The van der Waals surface area contributed by atoms with Crippen LogP contribution in [0.4, 0.5) is 0 Å². The lowest BCUT2D eigenvalue weighted by atomic mass is 9.93. The van der Waals surface area contributed by atoms with Crippen LogP contribution < -0.4 is 5.73 Å². The van der Waals surface area contributed by atoms with Crippen molar-refractivity contribution in [2.45, 2.75) is 32.7 Å². The van der Waals surface area contributed by atoms with Gasteiger partial charge in [0.25, 0.3) is 0 Å². The largest absolute Gasteiger partial charge is 0.324 e. The summed E-state index contributed by atoms with van der Waals surface area (Å²) in [6.45, 7) is 4.11. The molecule has 2 unspecified atom stereocenters. The first kappa shape index (κ1) is 9.59. The Balaban J connectivity index is 2.09. The minimum absolute atomic E-state index is 0.100. The quantitative estimate of drug-likeness (QED) is 0.793.